The Labute approximate surface area is 160 Å². The maximum absolute atomic E-state index is 12.8. The summed E-state index contributed by atoms with van der Waals surface area (Å²) in [4.78, 5) is 17.6. The molecule has 0 atom stereocenters. The summed E-state index contributed by atoms with van der Waals surface area (Å²) in [7, 11) is 1.77. The second-order valence-electron chi connectivity index (χ2n) is 9.12. The molecule has 5 nitrogen and oxygen atoms in total. The van der Waals surface area contributed by atoms with Gasteiger partial charge in [0.05, 0.1) is 16.8 Å². The van der Waals surface area contributed by atoms with Gasteiger partial charge in [0.15, 0.2) is 5.65 Å². The molecule has 0 amide bonds. The summed E-state index contributed by atoms with van der Waals surface area (Å²) in [5.74, 6) is 0. The molecular formula is C22H29N3O2. The average molecular weight is 367 g/mol. The Balaban J connectivity index is 2.22. The van der Waals surface area contributed by atoms with Crippen molar-refractivity contribution in [1.29, 1.82) is 0 Å². The Bertz CT molecular complexity index is 1060. The lowest BCUT2D eigenvalue weighted by atomic mass is 9.95. The van der Waals surface area contributed by atoms with Gasteiger partial charge < -0.3 is 5.11 Å². The molecule has 0 saturated heterocycles. The van der Waals surface area contributed by atoms with E-state index in [2.05, 4.69) is 20.8 Å². The highest BCUT2D eigenvalue weighted by Gasteiger charge is 2.21. The van der Waals surface area contributed by atoms with Crippen molar-refractivity contribution in [3.63, 3.8) is 0 Å². The van der Waals surface area contributed by atoms with E-state index >= 15 is 0 Å². The monoisotopic (exact) mass is 367 g/mol. The average Bonchev–Trinajstić information content (AvgIpc) is 2.78. The second-order valence-corrected chi connectivity index (χ2v) is 9.12. The van der Waals surface area contributed by atoms with Gasteiger partial charge >= 0.3 is 5.69 Å². The predicted octanol–water partition coefficient (Wildman–Crippen LogP) is 3.98. The molecule has 0 aliphatic heterocycles. The smallest absolute Gasteiger partial charge is 0.330 e. The number of imidazole rings is 1. The van der Waals surface area contributed by atoms with Crippen LogP contribution in [0.25, 0.3) is 22.4 Å². The molecule has 0 unspecified atom stereocenters. The van der Waals surface area contributed by atoms with Crippen molar-refractivity contribution < 1.29 is 5.11 Å². The number of hydrogen-bond acceptors (Lipinski definition) is 3. The van der Waals surface area contributed by atoms with Gasteiger partial charge in [0.25, 0.3) is 0 Å². The van der Waals surface area contributed by atoms with Gasteiger partial charge in [-0.25, -0.2) is 9.78 Å². The quantitative estimate of drug-likeness (QED) is 0.762. The van der Waals surface area contributed by atoms with E-state index in [1.54, 1.807) is 25.5 Å². The van der Waals surface area contributed by atoms with Crippen molar-refractivity contribution >= 4 is 11.2 Å². The summed E-state index contributed by atoms with van der Waals surface area (Å²) < 4.78 is 3.45. The first-order valence-corrected chi connectivity index (χ1v) is 9.29. The number of aromatic nitrogens is 3. The molecule has 1 N–H and O–H groups in total. The molecule has 5 heteroatoms. The van der Waals surface area contributed by atoms with E-state index in [9.17, 15) is 9.90 Å². The number of pyridine rings is 1. The third kappa shape index (κ3) is 3.69. The first-order valence-electron chi connectivity index (χ1n) is 9.29. The highest BCUT2D eigenvalue weighted by molar-refractivity contribution is 5.80. The number of hydrogen-bond donors (Lipinski definition) is 1. The van der Waals surface area contributed by atoms with Crippen LogP contribution in [-0.4, -0.2) is 19.2 Å². The molecule has 27 heavy (non-hydrogen) atoms. The van der Waals surface area contributed by atoms with E-state index in [0.29, 0.717) is 12.2 Å². The normalized spacial score (nSPS) is 12.7. The van der Waals surface area contributed by atoms with Crippen LogP contribution in [0.1, 0.15) is 45.7 Å². The van der Waals surface area contributed by atoms with Gasteiger partial charge in [0.2, 0.25) is 0 Å². The number of fused-ring (bicyclic) bond motifs is 1. The third-order valence-corrected chi connectivity index (χ3v) is 4.77. The van der Waals surface area contributed by atoms with Gasteiger partial charge in [0.1, 0.15) is 0 Å². The van der Waals surface area contributed by atoms with Crippen molar-refractivity contribution in [3.05, 3.63) is 51.9 Å². The number of aryl methyl sites for hydroxylation is 2. The Morgan fingerprint density at radius 1 is 1.11 bits per heavy atom. The SMILES string of the molecule is Cc1cc(-c2cccc(C(C)(C)O)c2)nc2c1n(CC(C)(C)C)c(=O)n2C. The minimum atomic E-state index is -0.919. The van der Waals surface area contributed by atoms with E-state index in [4.69, 9.17) is 4.98 Å². The van der Waals surface area contributed by atoms with Gasteiger partial charge in [-0.1, -0.05) is 39.0 Å². The van der Waals surface area contributed by atoms with E-state index in [-0.39, 0.29) is 11.1 Å². The summed E-state index contributed by atoms with van der Waals surface area (Å²) >= 11 is 0. The van der Waals surface area contributed by atoms with Crippen LogP contribution in [0.4, 0.5) is 0 Å². The Morgan fingerprint density at radius 3 is 2.37 bits per heavy atom. The number of benzene rings is 1. The first-order chi connectivity index (χ1) is 12.4. The van der Waals surface area contributed by atoms with Crippen molar-refractivity contribution in [2.45, 2.75) is 53.7 Å². The van der Waals surface area contributed by atoms with Crippen LogP contribution in [0.15, 0.2) is 35.1 Å². The minimum Gasteiger partial charge on any atom is -0.386 e. The van der Waals surface area contributed by atoms with Gasteiger partial charge in [-0.05, 0) is 49.4 Å². The topological polar surface area (TPSA) is 60.1 Å². The highest BCUT2D eigenvalue weighted by atomic mass is 16.3. The molecule has 0 saturated carbocycles. The zero-order valence-corrected chi connectivity index (χ0v) is 17.3. The van der Waals surface area contributed by atoms with Gasteiger partial charge in [-0.15, -0.1) is 0 Å². The van der Waals surface area contributed by atoms with Crippen LogP contribution in [0.5, 0.6) is 0 Å². The van der Waals surface area contributed by atoms with Crippen LogP contribution in [-0.2, 0) is 19.2 Å². The molecule has 1 aromatic carbocycles. The number of aliphatic hydroxyl groups is 1. The van der Waals surface area contributed by atoms with E-state index in [0.717, 1.165) is 27.9 Å². The number of rotatable bonds is 3. The van der Waals surface area contributed by atoms with Crippen molar-refractivity contribution in [3.8, 4) is 11.3 Å². The lowest BCUT2D eigenvalue weighted by Crippen LogP contribution is -2.27. The van der Waals surface area contributed by atoms with Crippen LogP contribution in [0, 0.1) is 12.3 Å². The summed E-state index contributed by atoms with van der Waals surface area (Å²) in [6.07, 6.45) is 0. The molecule has 0 fully saturated rings. The van der Waals surface area contributed by atoms with E-state index in [1.165, 1.54) is 0 Å². The number of nitrogens with zero attached hydrogens (tertiary/aromatic N) is 3. The van der Waals surface area contributed by atoms with Gasteiger partial charge in [0, 0.05) is 19.2 Å². The molecule has 0 bridgehead atoms. The summed E-state index contributed by atoms with van der Waals surface area (Å²) in [5.41, 5.74) is 4.18. The fourth-order valence-electron chi connectivity index (χ4n) is 3.41. The fourth-order valence-corrected chi connectivity index (χ4v) is 3.41. The van der Waals surface area contributed by atoms with Crippen LogP contribution in [0.3, 0.4) is 0 Å². The van der Waals surface area contributed by atoms with Crippen LogP contribution >= 0.6 is 0 Å². The fraction of sp³-hybridized carbons (Fsp3) is 0.455. The van der Waals surface area contributed by atoms with E-state index < -0.39 is 5.60 Å². The van der Waals surface area contributed by atoms with Crippen molar-refractivity contribution in [1.82, 2.24) is 14.1 Å². The van der Waals surface area contributed by atoms with Gasteiger partial charge in [-0.2, -0.15) is 0 Å². The Hall–Kier alpha value is -2.40. The van der Waals surface area contributed by atoms with Crippen molar-refractivity contribution in [2.75, 3.05) is 0 Å². The first kappa shape index (κ1) is 19.4. The van der Waals surface area contributed by atoms with Crippen molar-refractivity contribution in [2.24, 2.45) is 12.5 Å². The molecule has 2 aromatic heterocycles. The lowest BCUT2D eigenvalue weighted by molar-refractivity contribution is 0.0786. The highest BCUT2D eigenvalue weighted by Crippen LogP contribution is 2.28. The Morgan fingerprint density at radius 2 is 1.78 bits per heavy atom. The second kappa shape index (κ2) is 6.34. The standard InChI is InChI=1S/C22H29N3O2/c1-14-11-17(15-9-8-10-16(12-15)22(5,6)27)23-19-18(14)25(13-21(2,3)4)20(26)24(19)7/h8-12,27H,13H2,1-7H3. The molecule has 0 spiro atoms. The lowest BCUT2D eigenvalue weighted by Gasteiger charge is -2.19. The maximum atomic E-state index is 12.8. The zero-order valence-electron chi connectivity index (χ0n) is 17.3. The molecule has 3 rings (SSSR count). The molecule has 144 valence electrons. The summed E-state index contributed by atoms with van der Waals surface area (Å²) in [6, 6.07) is 9.79. The molecular weight excluding hydrogens is 338 g/mol. The van der Waals surface area contributed by atoms with E-state index in [1.807, 2.05) is 41.8 Å². The van der Waals surface area contributed by atoms with Crippen LogP contribution < -0.4 is 5.69 Å². The molecule has 0 aliphatic rings. The van der Waals surface area contributed by atoms with Gasteiger partial charge in [-0.3, -0.25) is 9.13 Å². The molecule has 3 aromatic rings. The predicted molar refractivity (Wildman–Crippen MR) is 110 cm³/mol. The largest absolute Gasteiger partial charge is 0.386 e. The molecule has 0 aliphatic carbocycles. The molecule has 0 radical (unpaired) electrons. The summed E-state index contributed by atoms with van der Waals surface area (Å²) in [6.45, 7) is 12.6. The Kier molecular flexibility index (Phi) is 4.55. The van der Waals surface area contributed by atoms with Crippen LogP contribution in [0.2, 0.25) is 0 Å². The zero-order chi connectivity index (χ0) is 20.1. The molecule has 2 heterocycles. The summed E-state index contributed by atoms with van der Waals surface area (Å²) in [5, 5.41) is 10.3. The minimum absolute atomic E-state index is 0.00966. The maximum Gasteiger partial charge on any atom is 0.330 e. The third-order valence-electron chi connectivity index (χ3n) is 4.77.